The summed E-state index contributed by atoms with van der Waals surface area (Å²) in [5, 5.41) is 18.5. The van der Waals surface area contributed by atoms with Crippen LogP contribution in [0.2, 0.25) is 0 Å². The van der Waals surface area contributed by atoms with Crippen molar-refractivity contribution in [3.8, 4) is 11.3 Å². The molecule has 1 amide bonds. The zero-order chi connectivity index (χ0) is 20.1. The van der Waals surface area contributed by atoms with E-state index in [1.807, 2.05) is 0 Å². The number of aromatic nitrogens is 2. The Morgan fingerprint density at radius 1 is 1.32 bits per heavy atom. The molecule has 28 heavy (non-hydrogen) atoms. The number of amides is 1. The average Bonchev–Trinajstić information content (AvgIpc) is 2.72. The molecule has 0 aliphatic carbocycles. The van der Waals surface area contributed by atoms with Gasteiger partial charge in [0.2, 0.25) is 0 Å². The van der Waals surface area contributed by atoms with E-state index in [4.69, 9.17) is 16.6 Å². The lowest BCUT2D eigenvalue weighted by Crippen LogP contribution is -2.52. The molecule has 5 N–H and O–H groups in total. The lowest BCUT2D eigenvalue weighted by atomic mass is 10.1. The van der Waals surface area contributed by atoms with E-state index < -0.39 is 17.8 Å². The van der Waals surface area contributed by atoms with Gasteiger partial charge in [-0.1, -0.05) is 12.1 Å². The first-order valence-corrected chi connectivity index (χ1v) is 8.97. The third kappa shape index (κ3) is 4.37. The van der Waals surface area contributed by atoms with Gasteiger partial charge in [0.1, 0.15) is 23.4 Å². The van der Waals surface area contributed by atoms with Crippen molar-refractivity contribution in [3.63, 3.8) is 0 Å². The van der Waals surface area contributed by atoms with Crippen LogP contribution in [0, 0.1) is 16.6 Å². The van der Waals surface area contributed by atoms with E-state index in [-0.39, 0.29) is 28.8 Å². The molecule has 0 bridgehead atoms. The summed E-state index contributed by atoms with van der Waals surface area (Å²) in [6.07, 6.45) is 5.17. The van der Waals surface area contributed by atoms with E-state index in [9.17, 15) is 9.18 Å². The number of likely N-dealkylation sites (tertiary alicyclic amines) is 1. The Bertz CT molecular complexity index is 880. The molecule has 1 unspecified atom stereocenters. The number of benzene rings is 1. The van der Waals surface area contributed by atoms with Crippen LogP contribution in [0.15, 0.2) is 36.7 Å². The zero-order valence-corrected chi connectivity index (χ0v) is 15.2. The van der Waals surface area contributed by atoms with E-state index in [0.717, 1.165) is 19.1 Å². The van der Waals surface area contributed by atoms with E-state index in [0.29, 0.717) is 13.1 Å². The van der Waals surface area contributed by atoms with Gasteiger partial charge in [-0.25, -0.2) is 9.37 Å². The third-order valence-corrected chi connectivity index (χ3v) is 4.65. The minimum absolute atomic E-state index is 0.0129. The highest BCUT2D eigenvalue weighted by atomic mass is 19.1. The monoisotopic (exact) mass is 383 g/mol. The SMILES string of the molecule is N=CC(NC(=O)c1cncc(-c2ccccc2F)n1)C(=N)N1CCC(N)CC1. The summed E-state index contributed by atoms with van der Waals surface area (Å²) in [5.74, 6) is -0.914. The molecule has 2 heterocycles. The van der Waals surface area contributed by atoms with Crippen molar-refractivity contribution in [2.45, 2.75) is 24.9 Å². The maximum absolute atomic E-state index is 14.0. The Kier molecular flexibility index (Phi) is 6.05. The second-order valence-corrected chi connectivity index (χ2v) is 6.60. The van der Waals surface area contributed by atoms with Crippen LogP contribution >= 0.6 is 0 Å². The number of halogens is 1. The third-order valence-electron chi connectivity index (χ3n) is 4.65. The fourth-order valence-corrected chi connectivity index (χ4v) is 3.02. The van der Waals surface area contributed by atoms with E-state index >= 15 is 0 Å². The molecule has 2 aromatic rings. The van der Waals surface area contributed by atoms with Crippen molar-refractivity contribution in [1.82, 2.24) is 20.2 Å². The summed E-state index contributed by atoms with van der Waals surface area (Å²) in [4.78, 5) is 22.5. The molecule has 146 valence electrons. The quantitative estimate of drug-likeness (QED) is 0.458. The number of nitrogens with one attached hydrogen (secondary N) is 3. The summed E-state index contributed by atoms with van der Waals surface area (Å²) >= 11 is 0. The standard InChI is InChI=1S/C19H22FN7O/c20-14-4-2-1-3-13(14)16-10-24-11-17(25-16)19(28)26-15(9-21)18(23)27-7-5-12(22)6-8-27/h1-4,9-12,15,21,23H,5-8,22H2,(H,26,28). The van der Waals surface area contributed by atoms with Crippen molar-refractivity contribution in [2.75, 3.05) is 13.1 Å². The highest BCUT2D eigenvalue weighted by Crippen LogP contribution is 2.19. The topological polar surface area (TPSA) is 132 Å². The number of nitrogens with two attached hydrogens (primary N) is 1. The maximum Gasteiger partial charge on any atom is 0.272 e. The molecule has 9 heteroatoms. The second kappa shape index (κ2) is 8.66. The lowest BCUT2D eigenvalue weighted by Gasteiger charge is -2.34. The molecule has 0 spiro atoms. The van der Waals surface area contributed by atoms with Crippen molar-refractivity contribution < 1.29 is 9.18 Å². The van der Waals surface area contributed by atoms with Gasteiger partial charge in [0.25, 0.3) is 5.91 Å². The first-order valence-electron chi connectivity index (χ1n) is 8.97. The fourth-order valence-electron chi connectivity index (χ4n) is 3.02. The summed E-state index contributed by atoms with van der Waals surface area (Å²) in [5.41, 5.74) is 6.34. The van der Waals surface area contributed by atoms with Gasteiger partial charge in [-0.15, -0.1) is 0 Å². The fraction of sp³-hybridized carbons (Fsp3) is 0.316. The molecule has 0 saturated carbocycles. The number of nitrogens with zero attached hydrogens (tertiary/aromatic N) is 3. The van der Waals surface area contributed by atoms with Crippen LogP contribution in [-0.2, 0) is 0 Å². The van der Waals surface area contributed by atoms with Crippen LogP contribution in [0.25, 0.3) is 11.3 Å². The van der Waals surface area contributed by atoms with Crippen molar-refractivity contribution >= 4 is 18.0 Å². The predicted molar refractivity (Wildman–Crippen MR) is 104 cm³/mol. The number of carbonyl (C=O) groups excluding carboxylic acids is 1. The predicted octanol–water partition coefficient (Wildman–Crippen LogP) is 1.43. The van der Waals surface area contributed by atoms with Gasteiger partial charge in [-0.2, -0.15) is 0 Å². The molecule has 1 fully saturated rings. The summed E-state index contributed by atoms with van der Waals surface area (Å²) in [6.45, 7) is 1.23. The van der Waals surface area contributed by atoms with Crippen LogP contribution in [0.4, 0.5) is 4.39 Å². The molecular weight excluding hydrogens is 361 g/mol. The minimum atomic E-state index is -0.888. The Hall–Kier alpha value is -3.20. The molecular formula is C19H22FN7O. The van der Waals surface area contributed by atoms with Crippen LogP contribution in [0.1, 0.15) is 23.3 Å². The zero-order valence-electron chi connectivity index (χ0n) is 15.2. The van der Waals surface area contributed by atoms with Crippen molar-refractivity contribution in [3.05, 3.63) is 48.2 Å². The number of carbonyl (C=O) groups is 1. The highest BCUT2D eigenvalue weighted by molar-refractivity contribution is 6.04. The molecule has 1 saturated heterocycles. The van der Waals surface area contributed by atoms with Gasteiger partial charge in [0.05, 0.1) is 18.1 Å². The molecule has 1 aromatic heterocycles. The number of rotatable bonds is 5. The number of hydrogen-bond donors (Lipinski definition) is 4. The van der Waals surface area contributed by atoms with E-state index in [1.165, 1.54) is 18.5 Å². The molecule has 0 radical (unpaired) electrons. The molecule has 1 aromatic carbocycles. The largest absolute Gasteiger partial charge is 0.358 e. The first-order chi connectivity index (χ1) is 13.5. The molecule has 1 aliphatic rings. The van der Waals surface area contributed by atoms with Crippen LogP contribution in [0.5, 0.6) is 0 Å². The van der Waals surface area contributed by atoms with E-state index in [2.05, 4.69) is 15.3 Å². The van der Waals surface area contributed by atoms with Gasteiger partial charge < -0.3 is 21.4 Å². The number of amidine groups is 1. The van der Waals surface area contributed by atoms with Crippen molar-refractivity contribution in [2.24, 2.45) is 5.73 Å². The smallest absolute Gasteiger partial charge is 0.272 e. The Balaban J connectivity index is 1.73. The Labute approximate surface area is 162 Å². The van der Waals surface area contributed by atoms with Crippen LogP contribution in [-0.4, -0.2) is 58.0 Å². The maximum atomic E-state index is 14.0. The van der Waals surface area contributed by atoms with Gasteiger partial charge in [0.15, 0.2) is 0 Å². The number of piperidine rings is 1. The lowest BCUT2D eigenvalue weighted by molar-refractivity contribution is 0.0947. The molecule has 1 aliphatic heterocycles. The number of hydrogen-bond acceptors (Lipinski definition) is 6. The summed E-state index contributed by atoms with van der Waals surface area (Å²) < 4.78 is 14.0. The summed E-state index contributed by atoms with van der Waals surface area (Å²) in [6, 6.07) is 5.33. The minimum Gasteiger partial charge on any atom is -0.358 e. The average molecular weight is 383 g/mol. The Morgan fingerprint density at radius 3 is 2.71 bits per heavy atom. The van der Waals surface area contributed by atoms with Gasteiger partial charge in [-0.3, -0.25) is 15.2 Å². The molecule has 1 atom stereocenters. The van der Waals surface area contributed by atoms with Crippen LogP contribution in [0.3, 0.4) is 0 Å². The van der Waals surface area contributed by atoms with Crippen molar-refractivity contribution in [1.29, 1.82) is 10.8 Å². The van der Waals surface area contributed by atoms with Gasteiger partial charge in [-0.05, 0) is 25.0 Å². The van der Waals surface area contributed by atoms with Gasteiger partial charge >= 0.3 is 0 Å². The molecule has 3 rings (SSSR count). The van der Waals surface area contributed by atoms with Crippen LogP contribution < -0.4 is 11.1 Å². The summed E-state index contributed by atoms with van der Waals surface area (Å²) in [7, 11) is 0. The van der Waals surface area contributed by atoms with E-state index in [1.54, 1.807) is 23.1 Å². The van der Waals surface area contributed by atoms with Gasteiger partial charge in [0, 0.05) is 30.9 Å². The molecule has 8 nitrogen and oxygen atoms in total. The second-order valence-electron chi connectivity index (χ2n) is 6.60. The Morgan fingerprint density at radius 2 is 2.04 bits per heavy atom. The first kappa shape index (κ1) is 19.6. The normalized spacial score (nSPS) is 15.7. The highest BCUT2D eigenvalue weighted by Gasteiger charge is 2.25.